The normalized spacial score (nSPS) is 12.2. The van der Waals surface area contributed by atoms with E-state index >= 15 is 0 Å². The molecule has 0 aliphatic rings. The van der Waals surface area contributed by atoms with Crippen LogP contribution >= 0.6 is 11.3 Å². The van der Waals surface area contributed by atoms with Gasteiger partial charge in [-0.2, -0.15) is 0 Å². The largest absolute Gasteiger partial charge is 0.346 e. The van der Waals surface area contributed by atoms with Crippen LogP contribution in [0.25, 0.3) is 10.9 Å². The van der Waals surface area contributed by atoms with Gasteiger partial charge in [0.25, 0.3) is 10.0 Å². The molecule has 6 nitrogen and oxygen atoms in total. The monoisotopic (exact) mass is 378 g/mol. The Bertz CT molecular complexity index is 1000. The number of hydrogen-bond acceptors (Lipinski definition) is 5. The third-order valence-electron chi connectivity index (χ3n) is 3.92. The third kappa shape index (κ3) is 3.86. The van der Waals surface area contributed by atoms with Gasteiger partial charge in [0, 0.05) is 19.3 Å². The van der Waals surface area contributed by atoms with Crippen molar-refractivity contribution < 1.29 is 8.42 Å². The molecule has 0 amide bonds. The quantitative estimate of drug-likeness (QED) is 0.716. The summed E-state index contributed by atoms with van der Waals surface area (Å²) in [6, 6.07) is 7.65. The molecule has 0 fully saturated rings. The molecule has 1 aromatic carbocycles. The van der Waals surface area contributed by atoms with Crippen molar-refractivity contribution in [2.75, 3.05) is 25.4 Å². The molecule has 1 N–H and O–H groups in total. The molecular formula is C17H22N4O2S2. The number of anilines is 1. The highest BCUT2D eigenvalue weighted by Crippen LogP contribution is 2.27. The van der Waals surface area contributed by atoms with E-state index in [4.69, 9.17) is 0 Å². The van der Waals surface area contributed by atoms with Crippen LogP contribution in [-0.2, 0) is 16.6 Å². The Morgan fingerprint density at radius 3 is 2.64 bits per heavy atom. The topological polar surface area (TPSA) is 67.2 Å². The summed E-state index contributed by atoms with van der Waals surface area (Å²) in [5.41, 5.74) is 2.10. The lowest BCUT2D eigenvalue weighted by atomic mass is 10.2. The van der Waals surface area contributed by atoms with Crippen LogP contribution in [0.1, 0.15) is 10.7 Å². The summed E-state index contributed by atoms with van der Waals surface area (Å²) in [6.07, 6.45) is 2.03. The van der Waals surface area contributed by atoms with E-state index in [0.717, 1.165) is 29.0 Å². The second-order valence-corrected chi connectivity index (χ2v) is 9.38. The highest BCUT2D eigenvalue weighted by Gasteiger charge is 2.21. The average molecular weight is 379 g/mol. The van der Waals surface area contributed by atoms with Gasteiger partial charge in [0.05, 0.1) is 21.9 Å². The van der Waals surface area contributed by atoms with Gasteiger partial charge in [-0.25, -0.2) is 13.4 Å². The van der Waals surface area contributed by atoms with Crippen LogP contribution in [0.3, 0.4) is 0 Å². The molecule has 0 bridgehead atoms. The number of aromatic nitrogens is 2. The lowest BCUT2D eigenvalue weighted by Gasteiger charge is -2.12. The first-order chi connectivity index (χ1) is 11.8. The van der Waals surface area contributed by atoms with Crippen molar-refractivity contribution in [2.45, 2.75) is 24.6 Å². The van der Waals surface area contributed by atoms with Gasteiger partial charge in [-0.15, -0.1) is 11.3 Å². The number of benzene rings is 1. The molecule has 0 aliphatic heterocycles. The number of nitrogens with one attached hydrogen (secondary N) is 1. The van der Waals surface area contributed by atoms with Gasteiger partial charge in [-0.3, -0.25) is 4.72 Å². The van der Waals surface area contributed by atoms with Crippen LogP contribution in [0.5, 0.6) is 0 Å². The molecule has 0 radical (unpaired) electrons. The van der Waals surface area contributed by atoms with Gasteiger partial charge >= 0.3 is 0 Å². The molecule has 0 unspecified atom stereocenters. The molecule has 25 heavy (non-hydrogen) atoms. The zero-order chi connectivity index (χ0) is 18.2. The number of nitrogens with zero attached hydrogens (tertiary/aromatic N) is 3. The summed E-state index contributed by atoms with van der Waals surface area (Å²) in [5, 5.41) is 1.83. The van der Waals surface area contributed by atoms with E-state index in [-0.39, 0.29) is 4.21 Å². The number of thiazole rings is 1. The van der Waals surface area contributed by atoms with Crippen molar-refractivity contribution in [3.63, 3.8) is 0 Å². The maximum Gasteiger partial charge on any atom is 0.273 e. The van der Waals surface area contributed by atoms with E-state index in [0.29, 0.717) is 11.4 Å². The van der Waals surface area contributed by atoms with Crippen LogP contribution in [0, 0.1) is 13.8 Å². The van der Waals surface area contributed by atoms with Crippen LogP contribution < -0.4 is 4.72 Å². The minimum Gasteiger partial charge on any atom is -0.346 e. The molecule has 2 heterocycles. The number of rotatable bonds is 6. The number of hydrogen-bond donors (Lipinski definition) is 1. The SMILES string of the molecule is Cc1nc(C)c(S(=O)(=O)Nc2ccc3ccn(CCN(C)C)c3c2)s1. The Morgan fingerprint density at radius 1 is 1.24 bits per heavy atom. The van der Waals surface area contributed by atoms with Crippen LogP contribution in [0.15, 0.2) is 34.7 Å². The van der Waals surface area contributed by atoms with E-state index in [1.54, 1.807) is 19.9 Å². The number of likely N-dealkylation sites (N-methyl/N-ethyl adjacent to an activating group) is 1. The van der Waals surface area contributed by atoms with Crippen molar-refractivity contribution in [3.05, 3.63) is 41.2 Å². The first-order valence-electron chi connectivity index (χ1n) is 7.97. The van der Waals surface area contributed by atoms with Crippen LogP contribution in [0.2, 0.25) is 0 Å². The van der Waals surface area contributed by atoms with Crippen molar-refractivity contribution in [1.29, 1.82) is 0 Å². The van der Waals surface area contributed by atoms with Crippen molar-refractivity contribution in [2.24, 2.45) is 0 Å². The molecule has 0 saturated heterocycles. The second-order valence-electron chi connectivity index (χ2n) is 6.30. The lowest BCUT2D eigenvalue weighted by Crippen LogP contribution is -2.18. The predicted octanol–water partition coefficient (Wildman–Crippen LogP) is 3.08. The number of sulfonamides is 1. The van der Waals surface area contributed by atoms with E-state index < -0.39 is 10.0 Å². The van der Waals surface area contributed by atoms with E-state index in [1.807, 2.05) is 38.5 Å². The minimum absolute atomic E-state index is 0.271. The van der Waals surface area contributed by atoms with Gasteiger partial charge < -0.3 is 9.47 Å². The molecule has 0 aliphatic carbocycles. The number of aryl methyl sites for hydroxylation is 2. The number of fused-ring (bicyclic) bond motifs is 1. The van der Waals surface area contributed by atoms with Crippen molar-refractivity contribution in [3.8, 4) is 0 Å². The van der Waals surface area contributed by atoms with Gasteiger partial charge in [-0.1, -0.05) is 6.07 Å². The molecule has 3 aromatic rings. The summed E-state index contributed by atoms with van der Waals surface area (Å²) in [4.78, 5) is 6.32. The first kappa shape index (κ1) is 17.9. The third-order valence-corrected chi connectivity index (χ3v) is 6.98. The molecular weight excluding hydrogens is 356 g/mol. The highest BCUT2D eigenvalue weighted by atomic mass is 32.2. The summed E-state index contributed by atoms with van der Waals surface area (Å²) in [7, 11) is 0.440. The maximum absolute atomic E-state index is 12.7. The Labute approximate surface area is 152 Å². The van der Waals surface area contributed by atoms with Gasteiger partial charge in [-0.05, 0) is 51.5 Å². The Morgan fingerprint density at radius 2 is 2.00 bits per heavy atom. The van der Waals surface area contributed by atoms with Crippen LogP contribution in [-0.4, -0.2) is 43.5 Å². The average Bonchev–Trinajstić information content (AvgIpc) is 3.07. The fraction of sp³-hybridized carbons (Fsp3) is 0.353. The fourth-order valence-corrected chi connectivity index (χ4v) is 5.25. The predicted molar refractivity (Wildman–Crippen MR) is 103 cm³/mol. The molecule has 2 aromatic heterocycles. The Kier molecular flexibility index (Phi) is 4.86. The zero-order valence-corrected chi connectivity index (χ0v) is 16.4. The van der Waals surface area contributed by atoms with Crippen molar-refractivity contribution >= 4 is 38.0 Å². The van der Waals surface area contributed by atoms with Crippen molar-refractivity contribution in [1.82, 2.24) is 14.5 Å². The molecule has 0 spiro atoms. The molecule has 0 saturated carbocycles. The first-order valence-corrected chi connectivity index (χ1v) is 10.3. The minimum atomic E-state index is -3.62. The fourth-order valence-electron chi connectivity index (χ4n) is 2.71. The standard InChI is InChI=1S/C17H22N4O2S2/c1-12-17(24-13(2)18-12)25(22,23)19-15-6-5-14-7-8-21(16(14)11-15)10-9-20(3)4/h5-8,11,19H,9-10H2,1-4H3. The Balaban J connectivity index is 1.91. The summed E-state index contributed by atoms with van der Waals surface area (Å²) in [5.74, 6) is 0. The summed E-state index contributed by atoms with van der Waals surface area (Å²) < 4.78 is 30.4. The smallest absolute Gasteiger partial charge is 0.273 e. The maximum atomic E-state index is 12.7. The van der Waals surface area contributed by atoms with Crippen LogP contribution in [0.4, 0.5) is 5.69 Å². The van der Waals surface area contributed by atoms with E-state index in [1.165, 1.54) is 11.3 Å². The van der Waals surface area contributed by atoms with Gasteiger partial charge in [0.1, 0.15) is 0 Å². The molecule has 134 valence electrons. The zero-order valence-electron chi connectivity index (χ0n) is 14.8. The lowest BCUT2D eigenvalue weighted by molar-refractivity contribution is 0.387. The van der Waals surface area contributed by atoms with E-state index in [9.17, 15) is 8.42 Å². The Hall–Kier alpha value is -1.90. The highest BCUT2D eigenvalue weighted by molar-refractivity contribution is 7.94. The van der Waals surface area contributed by atoms with E-state index in [2.05, 4.69) is 19.2 Å². The summed E-state index contributed by atoms with van der Waals surface area (Å²) >= 11 is 1.19. The molecule has 3 rings (SSSR count). The second kappa shape index (κ2) is 6.78. The van der Waals surface area contributed by atoms with Gasteiger partial charge in [0.2, 0.25) is 0 Å². The summed E-state index contributed by atoms with van der Waals surface area (Å²) in [6.45, 7) is 5.28. The molecule has 8 heteroatoms. The molecule has 0 atom stereocenters. The van der Waals surface area contributed by atoms with Gasteiger partial charge in [0.15, 0.2) is 4.21 Å².